The largest absolute Gasteiger partial charge is 0.493 e. The van der Waals surface area contributed by atoms with Crippen molar-refractivity contribution in [3.8, 4) is 11.5 Å². The summed E-state index contributed by atoms with van der Waals surface area (Å²) in [5, 5.41) is 4.74. The minimum Gasteiger partial charge on any atom is -0.493 e. The molecule has 1 aromatic heterocycles. The fraction of sp³-hybridized carbons (Fsp3) is 0.250. The van der Waals surface area contributed by atoms with Gasteiger partial charge in [-0.2, -0.15) is 0 Å². The number of quaternary nitrogens is 1. The van der Waals surface area contributed by atoms with E-state index in [2.05, 4.69) is 11.9 Å². The zero-order valence-electron chi connectivity index (χ0n) is 12.0. The van der Waals surface area contributed by atoms with Crippen molar-refractivity contribution in [2.75, 3.05) is 13.7 Å². The molecule has 0 saturated heterocycles. The number of hydrogen-bond acceptors (Lipinski definition) is 3. The zero-order chi connectivity index (χ0) is 15.1. The van der Waals surface area contributed by atoms with Crippen molar-refractivity contribution in [2.24, 2.45) is 0 Å². The van der Waals surface area contributed by atoms with Gasteiger partial charge < -0.3 is 14.8 Å². The second-order valence-electron chi connectivity index (χ2n) is 4.49. The topological polar surface area (TPSA) is 35.1 Å². The van der Waals surface area contributed by atoms with Crippen LogP contribution >= 0.6 is 22.9 Å². The molecule has 3 nitrogen and oxygen atoms in total. The predicted octanol–water partition coefficient (Wildman–Crippen LogP) is 3.24. The van der Waals surface area contributed by atoms with E-state index in [0.29, 0.717) is 23.1 Å². The molecule has 0 bridgehead atoms. The number of halogens is 1. The fourth-order valence-electron chi connectivity index (χ4n) is 1.94. The van der Waals surface area contributed by atoms with Crippen LogP contribution in [0.25, 0.3) is 0 Å². The minimum atomic E-state index is 0.496. The van der Waals surface area contributed by atoms with E-state index in [9.17, 15) is 0 Å². The van der Waals surface area contributed by atoms with E-state index in [1.165, 1.54) is 0 Å². The Morgan fingerprint density at radius 2 is 2.29 bits per heavy atom. The fourth-order valence-corrected chi connectivity index (χ4v) is 2.84. The predicted molar refractivity (Wildman–Crippen MR) is 87.3 cm³/mol. The number of benzene rings is 1. The standard InChI is InChI=1S/C16H18ClNO2S/c1-3-6-18-10-12-8-14(17)16(15(9-12)19-2)20-11-13-5-4-7-21-13/h3-5,7-9,18H,1,6,10-11H2,2H3/p+1. The Kier molecular flexibility index (Phi) is 6.11. The summed E-state index contributed by atoms with van der Waals surface area (Å²) in [4.78, 5) is 1.15. The summed E-state index contributed by atoms with van der Waals surface area (Å²) in [5.41, 5.74) is 1.10. The van der Waals surface area contributed by atoms with Crippen molar-refractivity contribution in [2.45, 2.75) is 13.2 Å². The van der Waals surface area contributed by atoms with Gasteiger partial charge in [-0.15, -0.1) is 11.3 Å². The van der Waals surface area contributed by atoms with Crippen LogP contribution in [0.4, 0.5) is 0 Å². The molecule has 0 aliphatic carbocycles. The molecule has 112 valence electrons. The molecule has 2 aromatic rings. The van der Waals surface area contributed by atoms with Gasteiger partial charge >= 0.3 is 0 Å². The van der Waals surface area contributed by atoms with Crippen LogP contribution in [0.5, 0.6) is 11.5 Å². The maximum atomic E-state index is 6.33. The molecular formula is C16H19ClNO2S+. The van der Waals surface area contributed by atoms with E-state index in [1.807, 2.05) is 35.7 Å². The molecule has 0 saturated carbocycles. The van der Waals surface area contributed by atoms with Crippen molar-refractivity contribution in [3.63, 3.8) is 0 Å². The molecule has 0 spiro atoms. The Balaban J connectivity index is 2.10. The van der Waals surface area contributed by atoms with Gasteiger partial charge in [0.05, 0.1) is 18.7 Å². The highest BCUT2D eigenvalue weighted by Crippen LogP contribution is 2.37. The number of nitrogens with two attached hydrogens (primary N) is 1. The smallest absolute Gasteiger partial charge is 0.180 e. The van der Waals surface area contributed by atoms with Crippen LogP contribution in [-0.2, 0) is 13.2 Å². The molecule has 0 aliphatic rings. The lowest BCUT2D eigenvalue weighted by Crippen LogP contribution is -2.82. The van der Waals surface area contributed by atoms with Gasteiger partial charge in [0, 0.05) is 10.4 Å². The molecule has 21 heavy (non-hydrogen) atoms. The first kappa shape index (κ1) is 15.9. The SMILES string of the molecule is C=CC[NH2+]Cc1cc(Cl)c(OCc2cccs2)c(OC)c1. The third-order valence-electron chi connectivity index (χ3n) is 2.94. The van der Waals surface area contributed by atoms with Gasteiger partial charge in [-0.25, -0.2) is 0 Å². The van der Waals surface area contributed by atoms with Crippen molar-refractivity contribution in [1.82, 2.24) is 0 Å². The van der Waals surface area contributed by atoms with Gasteiger partial charge in [-0.05, 0) is 29.7 Å². The maximum Gasteiger partial charge on any atom is 0.180 e. The van der Waals surface area contributed by atoms with Crippen LogP contribution in [0.1, 0.15) is 10.4 Å². The van der Waals surface area contributed by atoms with Crippen molar-refractivity contribution in [3.05, 3.63) is 57.8 Å². The summed E-state index contributed by atoms with van der Waals surface area (Å²) >= 11 is 7.99. The molecule has 0 fully saturated rings. The molecule has 5 heteroatoms. The third kappa shape index (κ3) is 4.49. The molecule has 0 atom stereocenters. The number of rotatable bonds is 8. The minimum absolute atomic E-state index is 0.496. The number of thiophene rings is 1. The Hall–Kier alpha value is -1.49. The second-order valence-corrected chi connectivity index (χ2v) is 5.93. The van der Waals surface area contributed by atoms with Crippen LogP contribution in [-0.4, -0.2) is 13.7 Å². The molecule has 0 aliphatic heterocycles. The first-order chi connectivity index (χ1) is 10.2. The molecule has 0 unspecified atom stereocenters. The van der Waals surface area contributed by atoms with Gasteiger partial charge in [0.2, 0.25) is 0 Å². The quantitative estimate of drug-likeness (QED) is 0.597. The Morgan fingerprint density at radius 3 is 2.95 bits per heavy atom. The molecule has 0 amide bonds. The van der Waals surface area contributed by atoms with E-state index in [1.54, 1.807) is 18.4 Å². The third-order valence-corrected chi connectivity index (χ3v) is 4.07. The highest BCUT2D eigenvalue weighted by molar-refractivity contribution is 7.09. The van der Waals surface area contributed by atoms with Crippen LogP contribution < -0.4 is 14.8 Å². The van der Waals surface area contributed by atoms with E-state index in [-0.39, 0.29) is 0 Å². The molecular weight excluding hydrogens is 306 g/mol. The van der Waals surface area contributed by atoms with E-state index in [0.717, 1.165) is 23.5 Å². The van der Waals surface area contributed by atoms with E-state index < -0.39 is 0 Å². The highest BCUT2D eigenvalue weighted by Gasteiger charge is 2.13. The summed E-state index contributed by atoms with van der Waals surface area (Å²) in [6.07, 6.45) is 1.87. The van der Waals surface area contributed by atoms with Gasteiger partial charge in [0.15, 0.2) is 11.5 Å². The van der Waals surface area contributed by atoms with Crippen molar-refractivity contribution < 1.29 is 14.8 Å². The Bertz CT molecular complexity index is 584. The summed E-state index contributed by atoms with van der Waals surface area (Å²) < 4.78 is 11.2. The highest BCUT2D eigenvalue weighted by atomic mass is 35.5. The zero-order valence-corrected chi connectivity index (χ0v) is 13.5. The van der Waals surface area contributed by atoms with Crippen LogP contribution in [0.3, 0.4) is 0 Å². The Morgan fingerprint density at radius 1 is 1.43 bits per heavy atom. The van der Waals surface area contributed by atoms with Crippen molar-refractivity contribution in [1.29, 1.82) is 0 Å². The van der Waals surface area contributed by atoms with Gasteiger partial charge in [0.1, 0.15) is 13.2 Å². The second kappa shape index (κ2) is 8.08. The van der Waals surface area contributed by atoms with Crippen molar-refractivity contribution >= 4 is 22.9 Å². The molecule has 1 heterocycles. The first-order valence-corrected chi connectivity index (χ1v) is 7.94. The average Bonchev–Trinajstić information content (AvgIpc) is 2.99. The lowest BCUT2D eigenvalue weighted by Gasteiger charge is -2.13. The van der Waals surface area contributed by atoms with Crippen LogP contribution in [0.15, 0.2) is 42.3 Å². The summed E-state index contributed by atoms with van der Waals surface area (Å²) in [7, 11) is 1.63. The Labute approximate surface area is 134 Å². The average molecular weight is 325 g/mol. The molecule has 0 radical (unpaired) electrons. The van der Waals surface area contributed by atoms with E-state index in [4.69, 9.17) is 21.1 Å². The molecule has 2 rings (SSSR count). The van der Waals surface area contributed by atoms with Gasteiger partial charge in [0.25, 0.3) is 0 Å². The summed E-state index contributed by atoms with van der Waals surface area (Å²) in [6.45, 7) is 5.90. The van der Waals surface area contributed by atoms with E-state index >= 15 is 0 Å². The van der Waals surface area contributed by atoms with Gasteiger partial charge in [-0.3, -0.25) is 0 Å². The van der Waals surface area contributed by atoms with Crippen LogP contribution in [0, 0.1) is 0 Å². The number of hydrogen-bond donors (Lipinski definition) is 1. The first-order valence-electron chi connectivity index (χ1n) is 6.68. The molecule has 2 N–H and O–H groups in total. The number of ether oxygens (including phenoxy) is 2. The maximum absolute atomic E-state index is 6.33. The summed E-state index contributed by atoms with van der Waals surface area (Å²) in [6, 6.07) is 7.92. The number of methoxy groups -OCH3 is 1. The lowest BCUT2D eigenvalue weighted by atomic mass is 10.2. The lowest BCUT2D eigenvalue weighted by molar-refractivity contribution is -0.662. The van der Waals surface area contributed by atoms with Gasteiger partial charge in [-0.1, -0.05) is 24.2 Å². The van der Waals surface area contributed by atoms with Crippen LogP contribution in [0.2, 0.25) is 5.02 Å². The summed E-state index contributed by atoms with van der Waals surface area (Å²) in [5.74, 6) is 1.26. The molecule has 1 aromatic carbocycles. The normalized spacial score (nSPS) is 10.4. The monoisotopic (exact) mass is 324 g/mol.